The normalized spacial score (nSPS) is 16.5. The van der Waals surface area contributed by atoms with Gasteiger partial charge in [0.1, 0.15) is 17.5 Å². The summed E-state index contributed by atoms with van der Waals surface area (Å²) < 4.78 is 0. The first-order valence-electron chi connectivity index (χ1n) is 6.68. The van der Waals surface area contributed by atoms with Crippen LogP contribution < -0.4 is 10.6 Å². The fourth-order valence-corrected chi connectivity index (χ4v) is 2.15. The number of hydrogen-bond donors (Lipinski definition) is 1. The second-order valence-electron chi connectivity index (χ2n) is 6.33. The summed E-state index contributed by atoms with van der Waals surface area (Å²) in [5.74, 6) is 2.43. The highest BCUT2D eigenvalue weighted by Crippen LogP contribution is 2.32. The van der Waals surface area contributed by atoms with Gasteiger partial charge >= 0.3 is 0 Å². The smallest absolute Gasteiger partial charge is 0.138 e. The Morgan fingerprint density at radius 2 is 1.83 bits per heavy atom. The van der Waals surface area contributed by atoms with E-state index in [2.05, 4.69) is 37.7 Å². The second-order valence-corrected chi connectivity index (χ2v) is 6.33. The van der Waals surface area contributed by atoms with Crippen molar-refractivity contribution in [1.82, 2.24) is 9.97 Å². The van der Waals surface area contributed by atoms with Gasteiger partial charge in [0, 0.05) is 24.1 Å². The molecule has 1 saturated carbocycles. The van der Waals surface area contributed by atoms with E-state index in [-0.39, 0.29) is 5.41 Å². The number of aromatic nitrogens is 2. The first-order valence-corrected chi connectivity index (χ1v) is 6.68. The Balaban J connectivity index is 2.42. The summed E-state index contributed by atoms with van der Waals surface area (Å²) in [5.41, 5.74) is 6.96. The van der Waals surface area contributed by atoms with Crippen molar-refractivity contribution in [2.24, 2.45) is 0 Å². The summed E-state index contributed by atoms with van der Waals surface area (Å²) in [7, 11) is 2.12. The summed E-state index contributed by atoms with van der Waals surface area (Å²) in [4.78, 5) is 11.4. The zero-order chi connectivity index (χ0) is 13.5. The van der Waals surface area contributed by atoms with Crippen LogP contribution in [0, 0.1) is 6.92 Å². The zero-order valence-corrected chi connectivity index (χ0v) is 12.1. The fourth-order valence-electron chi connectivity index (χ4n) is 2.15. The van der Waals surface area contributed by atoms with Crippen LogP contribution in [0.25, 0.3) is 0 Å². The van der Waals surface area contributed by atoms with Crippen molar-refractivity contribution in [3.05, 3.63) is 11.4 Å². The highest BCUT2D eigenvalue weighted by molar-refractivity contribution is 5.57. The molecule has 1 aromatic rings. The van der Waals surface area contributed by atoms with Gasteiger partial charge < -0.3 is 10.6 Å². The molecule has 4 heteroatoms. The Morgan fingerprint density at radius 3 is 2.28 bits per heavy atom. The predicted octanol–water partition coefficient (Wildman–Crippen LogP) is 2.65. The number of anilines is 2. The Labute approximate surface area is 110 Å². The van der Waals surface area contributed by atoms with Gasteiger partial charge in [-0.1, -0.05) is 20.8 Å². The molecule has 0 radical (unpaired) electrons. The molecule has 1 heterocycles. The van der Waals surface area contributed by atoms with Crippen molar-refractivity contribution in [3.8, 4) is 0 Å². The van der Waals surface area contributed by atoms with Gasteiger partial charge in [0.25, 0.3) is 0 Å². The third-order valence-electron chi connectivity index (χ3n) is 3.79. The molecule has 0 saturated heterocycles. The maximum Gasteiger partial charge on any atom is 0.138 e. The molecule has 4 nitrogen and oxygen atoms in total. The zero-order valence-electron chi connectivity index (χ0n) is 12.1. The van der Waals surface area contributed by atoms with Crippen molar-refractivity contribution in [2.45, 2.75) is 58.4 Å². The van der Waals surface area contributed by atoms with E-state index in [9.17, 15) is 0 Å². The van der Waals surface area contributed by atoms with Crippen LogP contribution in [0.5, 0.6) is 0 Å². The first kappa shape index (κ1) is 13.1. The molecule has 18 heavy (non-hydrogen) atoms. The molecule has 0 bridgehead atoms. The molecule has 1 fully saturated rings. The molecule has 0 aliphatic heterocycles. The lowest BCUT2D eigenvalue weighted by Gasteiger charge is -2.36. The number of nitrogens with zero attached hydrogens (tertiary/aromatic N) is 3. The average molecular weight is 248 g/mol. The van der Waals surface area contributed by atoms with Crippen LogP contribution in [0.2, 0.25) is 0 Å². The Hall–Kier alpha value is -1.32. The largest absolute Gasteiger partial charge is 0.383 e. The van der Waals surface area contributed by atoms with Crippen LogP contribution >= 0.6 is 0 Å². The van der Waals surface area contributed by atoms with Crippen molar-refractivity contribution in [3.63, 3.8) is 0 Å². The summed E-state index contributed by atoms with van der Waals surface area (Å²) in [6.45, 7) is 8.35. The van der Waals surface area contributed by atoms with Gasteiger partial charge in [-0.15, -0.1) is 0 Å². The van der Waals surface area contributed by atoms with Gasteiger partial charge in [-0.2, -0.15) is 0 Å². The van der Waals surface area contributed by atoms with E-state index in [4.69, 9.17) is 10.7 Å². The molecular weight excluding hydrogens is 224 g/mol. The minimum Gasteiger partial charge on any atom is -0.383 e. The van der Waals surface area contributed by atoms with Crippen LogP contribution in [0.1, 0.15) is 51.4 Å². The van der Waals surface area contributed by atoms with Crippen LogP contribution in [0.15, 0.2) is 0 Å². The molecule has 0 spiro atoms. The van der Waals surface area contributed by atoms with Gasteiger partial charge in [0.15, 0.2) is 0 Å². The molecular formula is C14H24N4. The topological polar surface area (TPSA) is 55.0 Å². The van der Waals surface area contributed by atoms with Crippen LogP contribution in [-0.4, -0.2) is 23.1 Å². The molecule has 1 aromatic heterocycles. The lowest BCUT2D eigenvalue weighted by Crippen LogP contribution is -2.38. The highest BCUT2D eigenvalue weighted by Gasteiger charge is 2.27. The minimum absolute atomic E-state index is 0.0724. The van der Waals surface area contributed by atoms with E-state index in [0.717, 1.165) is 17.2 Å². The fraction of sp³-hybridized carbons (Fsp3) is 0.714. The highest BCUT2D eigenvalue weighted by atomic mass is 15.2. The van der Waals surface area contributed by atoms with Crippen molar-refractivity contribution in [2.75, 3.05) is 17.7 Å². The Morgan fingerprint density at radius 1 is 1.22 bits per heavy atom. The molecule has 0 unspecified atom stereocenters. The van der Waals surface area contributed by atoms with Crippen molar-refractivity contribution < 1.29 is 0 Å². The lowest BCUT2D eigenvalue weighted by molar-refractivity contribution is 0.398. The average Bonchev–Trinajstić information content (AvgIpc) is 2.17. The van der Waals surface area contributed by atoms with E-state index >= 15 is 0 Å². The SMILES string of the molecule is Cc1c(N)nc(C(C)(C)C)nc1N(C)C1CCC1. The maximum atomic E-state index is 6.04. The minimum atomic E-state index is -0.0724. The lowest BCUT2D eigenvalue weighted by atomic mass is 9.91. The van der Waals surface area contributed by atoms with Gasteiger partial charge in [-0.3, -0.25) is 0 Å². The third kappa shape index (κ3) is 2.28. The molecule has 0 amide bonds. The first-order chi connectivity index (χ1) is 8.30. The van der Waals surface area contributed by atoms with Crippen molar-refractivity contribution in [1.29, 1.82) is 0 Å². The second kappa shape index (κ2) is 4.41. The summed E-state index contributed by atoms with van der Waals surface area (Å²) in [5, 5.41) is 0. The monoisotopic (exact) mass is 248 g/mol. The van der Waals surface area contributed by atoms with Crippen LogP contribution in [0.3, 0.4) is 0 Å². The Kier molecular flexibility index (Phi) is 3.21. The summed E-state index contributed by atoms with van der Waals surface area (Å²) >= 11 is 0. The van der Waals surface area contributed by atoms with Gasteiger partial charge in [0.2, 0.25) is 0 Å². The van der Waals surface area contributed by atoms with Crippen molar-refractivity contribution >= 4 is 11.6 Å². The Bertz CT molecular complexity index is 444. The molecule has 0 atom stereocenters. The predicted molar refractivity (Wildman–Crippen MR) is 75.9 cm³/mol. The molecule has 0 aromatic carbocycles. The van der Waals surface area contributed by atoms with E-state index in [1.54, 1.807) is 0 Å². The van der Waals surface area contributed by atoms with E-state index in [1.807, 2.05) is 6.92 Å². The van der Waals surface area contributed by atoms with Crippen LogP contribution in [0.4, 0.5) is 11.6 Å². The molecule has 2 N–H and O–H groups in total. The number of rotatable bonds is 2. The van der Waals surface area contributed by atoms with E-state index in [0.29, 0.717) is 11.9 Å². The van der Waals surface area contributed by atoms with E-state index in [1.165, 1.54) is 19.3 Å². The standard InChI is InChI=1S/C14H24N4/c1-9-11(15)16-13(14(2,3)4)17-12(9)18(5)10-7-6-8-10/h10H,6-8H2,1-5H3,(H2,15,16,17). The number of hydrogen-bond acceptors (Lipinski definition) is 4. The third-order valence-corrected chi connectivity index (χ3v) is 3.79. The molecule has 2 rings (SSSR count). The quantitative estimate of drug-likeness (QED) is 0.874. The number of nitrogens with two attached hydrogens (primary N) is 1. The maximum absolute atomic E-state index is 6.04. The van der Waals surface area contributed by atoms with E-state index < -0.39 is 0 Å². The van der Waals surface area contributed by atoms with Gasteiger partial charge in [-0.05, 0) is 26.2 Å². The van der Waals surface area contributed by atoms with Gasteiger partial charge in [0.05, 0.1) is 0 Å². The number of nitrogen functional groups attached to an aromatic ring is 1. The molecule has 1 aliphatic rings. The van der Waals surface area contributed by atoms with Crippen LogP contribution in [-0.2, 0) is 5.41 Å². The molecule has 100 valence electrons. The summed E-state index contributed by atoms with van der Waals surface area (Å²) in [6.07, 6.45) is 3.83. The summed E-state index contributed by atoms with van der Waals surface area (Å²) in [6, 6.07) is 0.616. The van der Waals surface area contributed by atoms with Gasteiger partial charge in [-0.25, -0.2) is 9.97 Å². The molecule has 1 aliphatic carbocycles.